The van der Waals surface area contributed by atoms with Gasteiger partial charge in [-0.2, -0.15) is 0 Å². The van der Waals surface area contributed by atoms with Crippen LogP contribution in [0.15, 0.2) is 72.8 Å². The highest BCUT2D eigenvalue weighted by molar-refractivity contribution is 5.36. The summed E-state index contributed by atoms with van der Waals surface area (Å²) >= 11 is 0. The molecule has 0 saturated heterocycles. The lowest BCUT2D eigenvalue weighted by Crippen LogP contribution is -2.34. The molecule has 1 aliphatic rings. The summed E-state index contributed by atoms with van der Waals surface area (Å²) in [6, 6.07) is 26.2. The second kappa shape index (κ2) is 7.98. The smallest absolute Gasteiger partial charge is 0.118 e. The highest BCUT2D eigenvalue weighted by atomic mass is 16.5. The van der Waals surface area contributed by atoms with Gasteiger partial charge in [0.25, 0.3) is 0 Å². The monoisotopic (exact) mass is 357 g/mol. The minimum Gasteiger partial charge on any atom is -0.497 e. The molecule has 0 aromatic heterocycles. The molecule has 2 nitrogen and oxygen atoms in total. The van der Waals surface area contributed by atoms with Crippen molar-refractivity contribution < 1.29 is 4.74 Å². The molecule has 138 valence electrons. The maximum atomic E-state index is 5.29. The van der Waals surface area contributed by atoms with Crippen molar-refractivity contribution in [3.8, 4) is 5.75 Å². The number of rotatable bonds is 5. The molecule has 1 aliphatic heterocycles. The summed E-state index contributed by atoms with van der Waals surface area (Å²) in [4.78, 5) is 2.58. The van der Waals surface area contributed by atoms with E-state index in [9.17, 15) is 0 Å². The van der Waals surface area contributed by atoms with Gasteiger partial charge >= 0.3 is 0 Å². The predicted octanol–water partition coefficient (Wildman–Crippen LogP) is 5.35. The summed E-state index contributed by atoms with van der Waals surface area (Å²) in [5.74, 6) is 1.45. The lowest BCUT2D eigenvalue weighted by atomic mass is 9.84. The lowest BCUT2D eigenvalue weighted by molar-refractivity contribution is 0.220. The van der Waals surface area contributed by atoms with E-state index in [1.807, 2.05) is 0 Å². The van der Waals surface area contributed by atoms with Crippen LogP contribution in [0.4, 0.5) is 0 Å². The van der Waals surface area contributed by atoms with Crippen molar-refractivity contribution in [3.63, 3.8) is 0 Å². The molecular formula is C25H27NO. The first-order valence-electron chi connectivity index (χ1n) is 9.70. The van der Waals surface area contributed by atoms with Crippen molar-refractivity contribution in [2.45, 2.75) is 32.4 Å². The van der Waals surface area contributed by atoms with E-state index >= 15 is 0 Å². The van der Waals surface area contributed by atoms with Gasteiger partial charge in [-0.25, -0.2) is 0 Å². The van der Waals surface area contributed by atoms with Gasteiger partial charge in [-0.3, -0.25) is 4.90 Å². The molecule has 0 saturated carbocycles. The second-order valence-corrected chi connectivity index (χ2v) is 7.54. The number of methoxy groups -OCH3 is 1. The van der Waals surface area contributed by atoms with Crippen molar-refractivity contribution in [2.75, 3.05) is 13.7 Å². The van der Waals surface area contributed by atoms with Crippen LogP contribution in [0, 0.1) is 6.92 Å². The van der Waals surface area contributed by atoms with Gasteiger partial charge in [0.05, 0.1) is 7.11 Å². The van der Waals surface area contributed by atoms with Gasteiger partial charge in [-0.15, -0.1) is 0 Å². The standard InChI is InChI=1S/C25H27NO/c1-19-7-3-4-8-21(19)15-23-18-26(17-22-9-5-6-10-25(22)23)16-20-11-13-24(27-2)14-12-20/h3-14,23H,15-18H2,1-2H3. The summed E-state index contributed by atoms with van der Waals surface area (Å²) in [5.41, 5.74) is 7.18. The third-order valence-corrected chi connectivity index (χ3v) is 5.66. The summed E-state index contributed by atoms with van der Waals surface area (Å²) in [6.07, 6.45) is 1.10. The van der Waals surface area contributed by atoms with E-state index in [-0.39, 0.29) is 0 Å². The highest BCUT2D eigenvalue weighted by Crippen LogP contribution is 2.32. The zero-order valence-corrected chi connectivity index (χ0v) is 16.2. The average molecular weight is 357 g/mol. The van der Waals surface area contributed by atoms with Gasteiger partial charge in [-0.1, -0.05) is 60.7 Å². The first kappa shape index (κ1) is 17.8. The maximum Gasteiger partial charge on any atom is 0.118 e. The number of hydrogen-bond donors (Lipinski definition) is 0. The molecule has 0 amide bonds. The van der Waals surface area contributed by atoms with Crippen LogP contribution in [0.1, 0.15) is 33.7 Å². The Hall–Kier alpha value is -2.58. The molecule has 1 unspecified atom stereocenters. The van der Waals surface area contributed by atoms with Gasteiger partial charge in [0.1, 0.15) is 5.75 Å². The minimum absolute atomic E-state index is 0.536. The first-order valence-corrected chi connectivity index (χ1v) is 9.70. The fraction of sp³-hybridized carbons (Fsp3) is 0.280. The summed E-state index contributed by atoms with van der Waals surface area (Å²) in [6.45, 7) is 5.31. The summed E-state index contributed by atoms with van der Waals surface area (Å²) < 4.78 is 5.29. The van der Waals surface area contributed by atoms with E-state index in [4.69, 9.17) is 4.74 Å². The summed E-state index contributed by atoms with van der Waals surface area (Å²) in [7, 11) is 1.72. The Morgan fingerprint density at radius 3 is 2.44 bits per heavy atom. The SMILES string of the molecule is COc1ccc(CN2Cc3ccccc3C(Cc3ccccc3C)C2)cc1. The fourth-order valence-electron chi connectivity index (χ4n) is 4.18. The summed E-state index contributed by atoms with van der Waals surface area (Å²) in [5, 5.41) is 0. The quantitative estimate of drug-likeness (QED) is 0.611. The molecule has 0 radical (unpaired) electrons. The van der Waals surface area contributed by atoms with Crippen molar-refractivity contribution in [2.24, 2.45) is 0 Å². The van der Waals surface area contributed by atoms with Crippen molar-refractivity contribution in [3.05, 3.63) is 101 Å². The topological polar surface area (TPSA) is 12.5 Å². The Balaban J connectivity index is 1.56. The number of hydrogen-bond acceptors (Lipinski definition) is 2. The normalized spacial score (nSPS) is 16.7. The second-order valence-electron chi connectivity index (χ2n) is 7.54. The molecule has 0 bridgehead atoms. The fourth-order valence-corrected chi connectivity index (χ4v) is 4.18. The van der Waals surface area contributed by atoms with Crippen LogP contribution in [0.3, 0.4) is 0 Å². The van der Waals surface area contributed by atoms with E-state index in [1.165, 1.54) is 27.8 Å². The minimum atomic E-state index is 0.536. The van der Waals surface area contributed by atoms with Crippen LogP contribution in [-0.4, -0.2) is 18.6 Å². The molecule has 4 rings (SSSR count). The molecule has 0 aliphatic carbocycles. The molecule has 1 atom stereocenters. The van der Waals surface area contributed by atoms with Crippen molar-refractivity contribution >= 4 is 0 Å². The van der Waals surface area contributed by atoms with E-state index < -0.39 is 0 Å². The van der Waals surface area contributed by atoms with Crippen LogP contribution in [0.5, 0.6) is 5.75 Å². The zero-order valence-electron chi connectivity index (χ0n) is 16.2. The largest absolute Gasteiger partial charge is 0.497 e. The molecule has 2 heteroatoms. The maximum absolute atomic E-state index is 5.29. The predicted molar refractivity (Wildman–Crippen MR) is 111 cm³/mol. The Bertz CT molecular complexity index is 900. The van der Waals surface area contributed by atoms with Gasteiger partial charge < -0.3 is 4.74 Å². The van der Waals surface area contributed by atoms with Crippen LogP contribution in [-0.2, 0) is 19.5 Å². The number of fused-ring (bicyclic) bond motifs is 1. The van der Waals surface area contributed by atoms with Gasteiger partial charge in [0, 0.05) is 25.6 Å². The van der Waals surface area contributed by atoms with Crippen molar-refractivity contribution in [1.29, 1.82) is 0 Å². The van der Waals surface area contributed by atoms with E-state index in [1.54, 1.807) is 7.11 Å². The lowest BCUT2D eigenvalue weighted by Gasteiger charge is -2.35. The average Bonchev–Trinajstić information content (AvgIpc) is 2.70. The van der Waals surface area contributed by atoms with Crippen LogP contribution in [0.25, 0.3) is 0 Å². The van der Waals surface area contributed by atoms with E-state index in [0.717, 1.165) is 31.8 Å². The van der Waals surface area contributed by atoms with Gasteiger partial charge in [0.2, 0.25) is 0 Å². The van der Waals surface area contributed by atoms with Crippen LogP contribution >= 0.6 is 0 Å². The van der Waals surface area contributed by atoms with Crippen LogP contribution < -0.4 is 4.74 Å². The van der Waals surface area contributed by atoms with Crippen molar-refractivity contribution in [1.82, 2.24) is 4.90 Å². The van der Waals surface area contributed by atoms with E-state index in [2.05, 4.69) is 84.6 Å². The van der Waals surface area contributed by atoms with Gasteiger partial charge in [0.15, 0.2) is 0 Å². The molecule has 0 fully saturated rings. The number of aryl methyl sites for hydroxylation is 1. The third kappa shape index (κ3) is 4.06. The molecule has 3 aromatic rings. The molecule has 0 N–H and O–H groups in total. The number of ether oxygens (including phenoxy) is 1. The zero-order chi connectivity index (χ0) is 18.6. The van der Waals surface area contributed by atoms with Crippen LogP contribution in [0.2, 0.25) is 0 Å². The van der Waals surface area contributed by atoms with Gasteiger partial charge in [-0.05, 0) is 53.3 Å². The highest BCUT2D eigenvalue weighted by Gasteiger charge is 2.25. The Morgan fingerprint density at radius 2 is 1.67 bits per heavy atom. The molecule has 0 spiro atoms. The van der Waals surface area contributed by atoms with E-state index in [0.29, 0.717) is 5.92 Å². The Kier molecular flexibility index (Phi) is 5.26. The Labute approximate surface area is 162 Å². The number of nitrogens with zero attached hydrogens (tertiary/aromatic N) is 1. The third-order valence-electron chi connectivity index (χ3n) is 5.66. The number of benzene rings is 3. The molecular weight excluding hydrogens is 330 g/mol. The molecule has 27 heavy (non-hydrogen) atoms. The first-order chi connectivity index (χ1) is 13.2. The molecule has 1 heterocycles. The Morgan fingerprint density at radius 1 is 0.926 bits per heavy atom. The molecule has 3 aromatic carbocycles.